The fraction of sp³-hybridized carbons (Fsp3) is 0.278. The number of benzene rings is 2. The average molecular weight is 279 g/mol. The van der Waals surface area contributed by atoms with Gasteiger partial charge in [0.25, 0.3) is 0 Å². The monoisotopic (exact) mass is 279 g/mol. The second kappa shape index (κ2) is 6.43. The lowest BCUT2D eigenvalue weighted by atomic mass is 9.89. The van der Waals surface area contributed by atoms with Crippen LogP contribution in [0.5, 0.6) is 0 Å². The van der Waals surface area contributed by atoms with Crippen molar-refractivity contribution < 1.29 is 0 Å². The molecule has 0 aromatic heterocycles. The molecule has 0 bridgehead atoms. The first-order valence-electron chi connectivity index (χ1n) is 7.09. The molecular formula is C18H21N3. The zero-order valence-electron chi connectivity index (χ0n) is 12.6. The van der Waals surface area contributed by atoms with Crippen molar-refractivity contribution in [3.05, 3.63) is 65.7 Å². The largest absolute Gasteiger partial charge is 0.374 e. The normalized spacial score (nSPS) is 13.2. The summed E-state index contributed by atoms with van der Waals surface area (Å²) in [5.74, 6) is 0. The lowest BCUT2D eigenvalue weighted by Gasteiger charge is -2.27. The van der Waals surface area contributed by atoms with Gasteiger partial charge in [-0.1, -0.05) is 48.5 Å². The van der Waals surface area contributed by atoms with Crippen LogP contribution in [-0.2, 0) is 5.54 Å². The number of nitrogens with zero attached hydrogens (tertiary/aromatic N) is 2. The van der Waals surface area contributed by atoms with Crippen LogP contribution >= 0.6 is 0 Å². The summed E-state index contributed by atoms with van der Waals surface area (Å²) < 4.78 is 0. The highest BCUT2D eigenvalue weighted by molar-refractivity contribution is 5.52. The van der Waals surface area contributed by atoms with Crippen molar-refractivity contribution in [2.75, 3.05) is 18.5 Å². The molecule has 0 aliphatic heterocycles. The Bertz CT molecular complexity index is 630. The number of nitriles is 1. The molecule has 2 N–H and O–H groups in total. The molecule has 0 heterocycles. The summed E-state index contributed by atoms with van der Waals surface area (Å²) in [6.07, 6.45) is 0.582. The maximum absolute atomic E-state index is 9.48. The molecule has 1 atom stereocenters. The predicted molar refractivity (Wildman–Crippen MR) is 87.0 cm³/mol. The Morgan fingerprint density at radius 3 is 2.33 bits per heavy atom. The van der Waals surface area contributed by atoms with Gasteiger partial charge in [-0.3, -0.25) is 0 Å². The van der Waals surface area contributed by atoms with Gasteiger partial charge in [-0.15, -0.1) is 0 Å². The molecule has 2 aromatic carbocycles. The van der Waals surface area contributed by atoms with E-state index in [0.29, 0.717) is 6.42 Å². The van der Waals surface area contributed by atoms with Gasteiger partial charge in [-0.2, -0.15) is 5.26 Å². The van der Waals surface area contributed by atoms with E-state index in [0.717, 1.165) is 12.1 Å². The van der Waals surface area contributed by atoms with Crippen molar-refractivity contribution in [2.24, 2.45) is 5.73 Å². The van der Waals surface area contributed by atoms with E-state index >= 15 is 0 Å². The van der Waals surface area contributed by atoms with Crippen molar-refractivity contribution >= 4 is 5.69 Å². The minimum Gasteiger partial charge on any atom is -0.374 e. The molecule has 1 unspecified atom stereocenters. The second-order valence-corrected chi connectivity index (χ2v) is 5.41. The molecule has 0 saturated carbocycles. The Kier molecular flexibility index (Phi) is 4.62. The molecule has 0 aliphatic rings. The third kappa shape index (κ3) is 3.42. The van der Waals surface area contributed by atoms with Crippen molar-refractivity contribution in [1.82, 2.24) is 0 Å². The predicted octanol–water partition coefficient (Wildman–Crippen LogP) is 3.20. The van der Waals surface area contributed by atoms with Crippen LogP contribution < -0.4 is 10.6 Å². The zero-order valence-corrected chi connectivity index (χ0v) is 12.6. The van der Waals surface area contributed by atoms with E-state index in [1.54, 1.807) is 0 Å². The van der Waals surface area contributed by atoms with Gasteiger partial charge < -0.3 is 10.6 Å². The van der Waals surface area contributed by atoms with Gasteiger partial charge in [0, 0.05) is 25.7 Å². The first-order valence-corrected chi connectivity index (χ1v) is 7.09. The van der Waals surface area contributed by atoms with E-state index < -0.39 is 5.54 Å². The van der Waals surface area contributed by atoms with Gasteiger partial charge >= 0.3 is 0 Å². The van der Waals surface area contributed by atoms with Crippen LogP contribution in [0.25, 0.3) is 0 Å². The van der Waals surface area contributed by atoms with Gasteiger partial charge in [0.1, 0.15) is 5.54 Å². The highest BCUT2D eigenvalue weighted by Crippen LogP contribution is 2.24. The van der Waals surface area contributed by atoms with Gasteiger partial charge in [0.15, 0.2) is 0 Å². The molecular weight excluding hydrogens is 258 g/mol. The molecule has 0 saturated heterocycles. The van der Waals surface area contributed by atoms with Crippen LogP contribution in [0.4, 0.5) is 5.69 Å². The van der Waals surface area contributed by atoms with Crippen LogP contribution in [-0.4, -0.2) is 13.6 Å². The molecule has 3 nitrogen and oxygen atoms in total. The standard InChI is InChI=1S/C18H21N3/c1-15-8-6-7-11-17(15)21(2)13-12-18(20,14-19)16-9-4-3-5-10-16/h3-11H,12-13,20H2,1-2H3. The zero-order chi connectivity index (χ0) is 15.3. The van der Waals surface area contributed by atoms with Crippen molar-refractivity contribution in [3.63, 3.8) is 0 Å². The minimum absolute atomic E-state index is 0.582. The van der Waals surface area contributed by atoms with E-state index in [1.165, 1.54) is 11.3 Å². The average Bonchev–Trinajstić information content (AvgIpc) is 2.53. The molecule has 21 heavy (non-hydrogen) atoms. The Morgan fingerprint density at radius 2 is 1.71 bits per heavy atom. The molecule has 3 heteroatoms. The maximum atomic E-state index is 9.48. The van der Waals surface area contributed by atoms with Crippen LogP contribution in [0.15, 0.2) is 54.6 Å². The highest BCUT2D eigenvalue weighted by Gasteiger charge is 2.27. The van der Waals surface area contributed by atoms with E-state index in [1.807, 2.05) is 49.5 Å². The first-order chi connectivity index (χ1) is 10.1. The molecule has 108 valence electrons. The number of hydrogen-bond donors (Lipinski definition) is 1. The van der Waals surface area contributed by atoms with Crippen molar-refractivity contribution in [1.29, 1.82) is 5.26 Å². The van der Waals surface area contributed by atoms with E-state index in [9.17, 15) is 5.26 Å². The van der Waals surface area contributed by atoms with Crippen LogP contribution in [0.1, 0.15) is 17.5 Å². The molecule has 0 amide bonds. The Morgan fingerprint density at radius 1 is 1.10 bits per heavy atom. The van der Waals surface area contributed by atoms with Crippen molar-refractivity contribution in [2.45, 2.75) is 18.9 Å². The smallest absolute Gasteiger partial charge is 0.131 e. The lowest BCUT2D eigenvalue weighted by molar-refractivity contribution is 0.525. The maximum Gasteiger partial charge on any atom is 0.131 e. The van der Waals surface area contributed by atoms with Crippen molar-refractivity contribution in [3.8, 4) is 6.07 Å². The minimum atomic E-state index is -0.946. The molecule has 2 rings (SSSR count). The van der Waals surface area contributed by atoms with Gasteiger partial charge in [-0.05, 0) is 24.1 Å². The first kappa shape index (κ1) is 15.1. The Hall–Kier alpha value is -2.31. The quantitative estimate of drug-likeness (QED) is 0.914. The van der Waals surface area contributed by atoms with Crippen LogP contribution in [0.3, 0.4) is 0 Å². The second-order valence-electron chi connectivity index (χ2n) is 5.41. The summed E-state index contributed by atoms with van der Waals surface area (Å²) in [5, 5.41) is 9.48. The third-order valence-corrected chi connectivity index (χ3v) is 3.86. The SMILES string of the molecule is Cc1ccccc1N(C)CCC(N)(C#N)c1ccccc1. The number of aryl methyl sites for hydroxylation is 1. The number of rotatable bonds is 5. The molecule has 0 spiro atoms. The fourth-order valence-corrected chi connectivity index (χ4v) is 2.46. The summed E-state index contributed by atoms with van der Waals surface area (Å²) in [6.45, 7) is 2.81. The molecule has 0 radical (unpaired) electrons. The topological polar surface area (TPSA) is 53.0 Å². The van der Waals surface area contributed by atoms with E-state index in [4.69, 9.17) is 5.73 Å². The highest BCUT2D eigenvalue weighted by atomic mass is 15.1. The van der Waals surface area contributed by atoms with Gasteiger partial charge in [0.05, 0.1) is 6.07 Å². The number of hydrogen-bond acceptors (Lipinski definition) is 3. The third-order valence-electron chi connectivity index (χ3n) is 3.86. The summed E-state index contributed by atoms with van der Waals surface area (Å²) >= 11 is 0. The summed E-state index contributed by atoms with van der Waals surface area (Å²) in [6, 6.07) is 20.1. The Balaban J connectivity index is 2.11. The summed E-state index contributed by atoms with van der Waals surface area (Å²) in [7, 11) is 2.03. The van der Waals surface area contributed by atoms with Crippen LogP contribution in [0, 0.1) is 18.3 Å². The van der Waals surface area contributed by atoms with Gasteiger partial charge in [-0.25, -0.2) is 0 Å². The summed E-state index contributed by atoms with van der Waals surface area (Å²) in [5.41, 5.74) is 8.61. The van der Waals surface area contributed by atoms with Gasteiger partial charge in [0.2, 0.25) is 0 Å². The van der Waals surface area contributed by atoms with E-state index in [-0.39, 0.29) is 0 Å². The number of nitrogens with two attached hydrogens (primary N) is 1. The number of anilines is 1. The van der Waals surface area contributed by atoms with Crippen LogP contribution in [0.2, 0.25) is 0 Å². The fourth-order valence-electron chi connectivity index (χ4n) is 2.46. The molecule has 2 aromatic rings. The number of para-hydroxylation sites is 1. The Labute approximate surface area is 126 Å². The lowest BCUT2D eigenvalue weighted by Crippen LogP contribution is -2.38. The summed E-state index contributed by atoms with van der Waals surface area (Å²) in [4.78, 5) is 2.15. The molecule has 0 aliphatic carbocycles. The van der Waals surface area contributed by atoms with E-state index in [2.05, 4.69) is 30.0 Å². The molecule has 0 fully saturated rings.